The summed E-state index contributed by atoms with van der Waals surface area (Å²) in [6.07, 6.45) is 1.97. The van der Waals surface area contributed by atoms with Crippen LogP contribution in [0.5, 0.6) is 0 Å². The lowest BCUT2D eigenvalue weighted by Crippen LogP contribution is -2.45. The molecule has 0 spiro atoms. The van der Waals surface area contributed by atoms with Gasteiger partial charge >= 0.3 is 0 Å². The molecule has 1 N–H and O–H groups in total. The van der Waals surface area contributed by atoms with E-state index in [0.717, 1.165) is 19.6 Å². The summed E-state index contributed by atoms with van der Waals surface area (Å²) in [5, 5.41) is 3.43. The molecule has 0 saturated carbocycles. The second kappa shape index (κ2) is 6.20. The molecule has 14 heavy (non-hydrogen) atoms. The van der Waals surface area contributed by atoms with Gasteiger partial charge in [-0.3, -0.25) is 4.90 Å². The number of nitrogens with one attached hydrogen (secondary N) is 1. The molecule has 0 fully saturated rings. The summed E-state index contributed by atoms with van der Waals surface area (Å²) in [5.41, 5.74) is 0.229. The van der Waals surface area contributed by atoms with E-state index >= 15 is 0 Å². The average molecular weight is 198 g/mol. The quantitative estimate of drug-likeness (QED) is 0.659. The Morgan fingerprint density at radius 2 is 1.93 bits per heavy atom. The zero-order valence-corrected chi connectivity index (χ0v) is 10.4. The molecular weight excluding hydrogens is 172 g/mol. The minimum Gasteiger partial charge on any atom is -0.313 e. The summed E-state index contributed by atoms with van der Waals surface area (Å²) in [6.45, 7) is 18.0. The molecule has 0 heterocycles. The van der Waals surface area contributed by atoms with Crippen LogP contribution in [-0.4, -0.2) is 36.1 Å². The van der Waals surface area contributed by atoms with Crippen molar-refractivity contribution in [3.63, 3.8) is 0 Å². The third-order valence-electron chi connectivity index (χ3n) is 2.23. The predicted molar refractivity (Wildman–Crippen MR) is 64.7 cm³/mol. The van der Waals surface area contributed by atoms with E-state index in [2.05, 4.69) is 51.4 Å². The molecule has 2 nitrogen and oxygen atoms in total. The second-order valence-electron chi connectivity index (χ2n) is 5.01. The van der Waals surface area contributed by atoms with Crippen LogP contribution in [-0.2, 0) is 0 Å². The fourth-order valence-electron chi connectivity index (χ4n) is 1.34. The molecule has 0 unspecified atom stereocenters. The van der Waals surface area contributed by atoms with Gasteiger partial charge in [-0.25, -0.2) is 0 Å². The van der Waals surface area contributed by atoms with Crippen LogP contribution in [0.25, 0.3) is 0 Å². The van der Waals surface area contributed by atoms with E-state index in [1.54, 1.807) is 0 Å². The van der Waals surface area contributed by atoms with Crippen molar-refractivity contribution < 1.29 is 0 Å². The fourth-order valence-corrected chi connectivity index (χ4v) is 1.34. The molecule has 0 amide bonds. The highest BCUT2D eigenvalue weighted by atomic mass is 15.2. The number of nitrogens with zero attached hydrogens (tertiary/aromatic N) is 1. The van der Waals surface area contributed by atoms with Crippen LogP contribution in [0, 0.1) is 0 Å². The first-order chi connectivity index (χ1) is 6.38. The number of hydrogen-bond donors (Lipinski definition) is 1. The highest BCUT2D eigenvalue weighted by molar-refractivity contribution is 4.83. The van der Waals surface area contributed by atoms with Gasteiger partial charge in [-0.2, -0.15) is 0 Å². The molecule has 0 aromatic rings. The molecule has 0 rings (SSSR count). The molecular formula is C12H26N2. The SMILES string of the molecule is C=CCN(CCNC(C)C)C(C)(C)C. The highest BCUT2D eigenvalue weighted by Crippen LogP contribution is 2.11. The zero-order chi connectivity index (χ0) is 11.2. The van der Waals surface area contributed by atoms with Gasteiger partial charge in [-0.05, 0) is 20.8 Å². The maximum atomic E-state index is 3.80. The van der Waals surface area contributed by atoms with E-state index in [9.17, 15) is 0 Å². The van der Waals surface area contributed by atoms with Crippen molar-refractivity contribution in [3.8, 4) is 0 Å². The number of rotatable bonds is 6. The maximum absolute atomic E-state index is 3.80. The fraction of sp³-hybridized carbons (Fsp3) is 0.833. The largest absolute Gasteiger partial charge is 0.313 e. The van der Waals surface area contributed by atoms with Crippen molar-refractivity contribution in [2.75, 3.05) is 19.6 Å². The van der Waals surface area contributed by atoms with Crippen molar-refractivity contribution >= 4 is 0 Å². The first kappa shape index (κ1) is 13.7. The van der Waals surface area contributed by atoms with E-state index in [0.29, 0.717) is 6.04 Å². The van der Waals surface area contributed by atoms with E-state index in [4.69, 9.17) is 0 Å². The molecule has 0 saturated heterocycles. The van der Waals surface area contributed by atoms with Gasteiger partial charge in [-0.15, -0.1) is 6.58 Å². The Morgan fingerprint density at radius 1 is 1.36 bits per heavy atom. The summed E-state index contributed by atoms with van der Waals surface area (Å²) in [4.78, 5) is 2.43. The molecule has 0 aliphatic heterocycles. The molecule has 0 aliphatic carbocycles. The van der Waals surface area contributed by atoms with Crippen molar-refractivity contribution in [1.29, 1.82) is 0 Å². The Hall–Kier alpha value is -0.340. The molecule has 0 radical (unpaired) electrons. The van der Waals surface area contributed by atoms with Crippen molar-refractivity contribution in [1.82, 2.24) is 10.2 Å². The van der Waals surface area contributed by atoms with Crippen LogP contribution in [0.4, 0.5) is 0 Å². The van der Waals surface area contributed by atoms with Gasteiger partial charge in [0.25, 0.3) is 0 Å². The normalized spacial score (nSPS) is 12.5. The van der Waals surface area contributed by atoms with Gasteiger partial charge < -0.3 is 5.32 Å². The molecule has 0 atom stereocenters. The topological polar surface area (TPSA) is 15.3 Å². The molecule has 0 aliphatic rings. The van der Waals surface area contributed by atoms with Gasteiger partial charge in [0.15, 0.2) is 0 Å². The number of hydrogen-bond acceptors (Lipinski definition) is 2. The summed E-state index contributed by atoms with van der Waals surface area (Å²) < 4.78 is 0. The van der Waals surface area contributed by atoms with Gasteiger partial charge in [-0.1, -0.05) is 19.9 Å². The third kappa shape index (κ3) is 6.17. The molecule has 0 aromatic carbocycles. The zero-order valence-electron chi connectivity index (χ0n) is 10.4. The Balaban J connectivity index is 3.92. The van der Waals surface area contributed by atoms with Crippen molar-refractivity contribution in [2.24, 2.45) is 0 Å². The monoisotopic (exact) mass is 198 g/mol. The standard InChI is InChI=1S/C12H26N2/c1-7-9-14(12(4,5)6)10-8-13-11(2)3/h7,11,13H,1,8-10H2,2-6H3. The average Bonchev–Trinajstić information content (AvgIpc) is 2.00. The van der Waals surface area contributed by atoms with E-state index in [1.165, 1.54) is 0 Å². The van der Waals surface area contributed by atoms with Crippen LogP contribution in [0.3, 0.4) is 0 Å². The Morgan fingerprint density at radius 3 is 2.29 bits per heavy atom. The van der Waals surface area contributed by atoms with Gasteiger partial charge in [0.1, 0.15) is 0 Å². The van der Waals surface area contributed by atoms with E-state index in [1.807, 2.05) is 6.08 Å². The summed E-state index contributed by atoms with van der Waals surface area (Å²) in [7, 11) is 0. The smallest absolute Gasteiger partial charge is 0.0166 e. The predicted octanol–water partition coefficient (Wildman–Crippen LogP) is 2.27. The van der Waals surface area contributed by atoms with Crippen LogP contribution in [0.2, 0.25) is 0 Å². The van der Waals surface area contributed by atoms with Crippen molar-refractivity contribution in [2.45, 2.75) is 46.2 Å². The van der Waals surface area contributed by atoms with Crippen LogP contribution >= 0.6 is 0 Å². The maximum Gasteiger partial charge on any atom is 0.0166 e. The summed E-state index contributed by atoms with van der Waals surface area (Å²) >= 11 is 0. The summed E-state index contributed by atoms with van der Waals surface area (Å²) in [5.74, 6) is 0. The van der Waals surface area contributed by atoms with Gasteiger partial charge in [0, 0.05) is 31.2 Å². The lowest BCUT2D eigenvalue weighted by Gasteiger charge is -2.35. The van der Waals surface area contributed by atoms with E-state index in [-0.39, 0.29) is 5.54 Å². The summed E-state index contributed by atoms with van der Waals surface area (Å²) in [6, 6.07) is 0.570. The first-order valence-corrected chi connectivity index (χ1v) is 5.47. The molecule has 84 valence electrons. The first-order valence-electron chi connectivity index (χ1n) is 5.47. The molecule has 0 bridgehead atoms. The minimum absolute atomic E-state index is 0.229. The molecule has 2 heteroatoms. The Labute approximate surface area is 89.4 Å². The van der Waals surface area contributed by atoms with Gasteiger partial charge in [0.2, 0.25) is 0 Å². The Kier molecular flexibility index (Phi) is 6.05. The van der Waals surface area contributed by atoms with Crippen molar-refractivity contribution in [3.05, 3.63) is 12.7 Å². The van der Waals surface area contributed by atoms with Gasteiger partial charge in [0.05, 0.1) is 0 Å². The third-order valence-corrected chi connectivity index (χ3v) is 2.23. The van der Waals surface area contributed by atoms with Crippen LogP contribution in [0.15, 0.2) is 12.7 Å². The highest BCUT2D eigenvalue weighted by Gasteiger charge is 2.18. The minimum atomic E-state index is 0.229. The van der Waals surface area contributed by atoms with Crippen LogP contribution in [0.1, 0.15) is 34.6 Å². The molecule has 0 aromatic heterocycles. The second-order valence-corrected chi connectivity index (χ2v) is 5.01. The van der Waals surface area contributed by atoms with E-state index < -0.39 is 0 Å². The lowest BCUT2D eigenvalue weighted by atomic mass is 10.1. The van der Waals surface area contributed by atoms with Crippen LogP contribution < -0.4 is 5.32 Å². The Bertz CT molecular complexity index is 156. The lowest BCUT2D eigenvalue weighted by molar-refractivity contribution is 0.154.